The fourth-order valence-electron chi connectivity index (χ4n) is 1.61. The molecule has 96 valence electrons. The lowest BCUT2D eigenvalue weighted by atomic mass is 10.2. The highest BCUT2D eigenvalue weighted by Gasteiger charge is 2.15. The van der Waals surface area contributed by atoms with Crippen molar-refractivity contribution in [3.8, 4) is 0 Å². The van der Waals surface area contributed by atoms with Gasteiger partial charge in [0.05, 0.1) is 6.04 Å². The molecule has 2 aromatic heterocycles. The molecule has 0 radical (unpaired) electrons. The number of hydrogen-bond donors (Lipinski definition) is 2. The molecule has 2 rings (SSSR count). The minimum absolute atomic E-state index is 0.154. The molecular weight excluding hydrogens is 268 g/mol. The Morgan fingerprint density at radius 2 is 1.89 bits per heavy atom. The quantitative estimate of drug-likeness (QED) is 0.800. The summed E-state index contributed by atoms with van der Waals surface area (Å²) in [5, 5.41) is 7.47. The Hall–Kier alpha value is -1.37. The minimum atomic E-state index is -0.736. The van der Waals surface area contributed by atoms with Gasteiger partial charge in [-0.15, -0.1) is 22.7 Å². The summed E-state index contributed by atoms with van der Waals surface area (Å²) < 4.78 is 4.71. The van der Waals surface area contributed by atoms with E-state index in [1.807, 2.05) is 12.1 Å². The van der Waals surface area contributed by atoms with Gasteiger partial charge >= 0.3 is 6.09 Å². The van der Waals surface area contributed by atoms with Crippen LogP contribution in [0, 0.1) is 0 Å². The van der Waals surface area contributed by atoms with Gasteiger partial charge in [-0.1, -0.05) is 12.1 Å². The van der Waals surface area contributed by atoms with Crippen molar-refractivity contribution in [2.24, 2.45) is 5.73 Å². The zero-order chi connectivity index (χ0) is 12.8. The number of carbonyl (C=O) groups is 1. The molecule has 0 saturated heterocycles. The average molecular weight is 282 g/mol. The van der Waals surface area contributed by atoms with Crippen molar-refractivity contribution in [1.29, 1.82) is 0 Å². The van der Waals surface area contributed by atoms with Crippen molar-refractivity contribution in [2.45, 2.75) is 6.04 Å². The Balaban J connectivity index is 1.96. The molecule has 0 aliphatic heterocycles. The van der Waals surface area contributed by atoms with Crippen LogP contribution in [0.4, 0.5) is 4.79 Å². The van der Waals surface area contributed by atoms with E-state index in [-0.39, 0.29) is 12.6 Å². The molecular formula is C12H14N2O2S2. The molecule has 0 saturated carbocycles. The monoisotopic (exact) mass is 282 g/mol. The molecule has 2 heterocycles. The molecule has 0 aromatic carbocycles. The largest absolute Gasteiger partial charge is 0.448 e. The third-order valence-electron chi connectivity index (χ3n) is 2.35. The number of ether oxygens (including phenoxy) is 1. The van der Waals surface area contributed by atoms with Crippen LogP contribution in [0.5, 0.6) is 0 Å². The van der Waals surface area contributed by atoms with Gasteiger partial charge < -0.3 is 15.8 Å². The smallest absolute Gasteiger partial charge is 0.404 e. The van der Waals surface area contributed by atoms with Gasteiger partial charge in [0, 0.05) is 16.3 Å². The second-order valence-electron chi connectivity index (χ2n) is 3.59. The first-order valence-corrected chi connectivity index (χ1v) is 7.25. The molecule has 4 nitrogen and oxygen atoms in total. The lowest BCUT2D eigenvalue weighted by Gasteiger charge is -2.15. The second-order valence-corrected chi connectivity index (χ2v) is 5.54. The van der Waals surface area contributed by atoms with Crippen LogP contribution in [-0.2, 0) is 4.74 Å². The van der Waals surface area contributed by atoms with Crippen LogP contribution in [0.15, 0.2) is 35.0 Å². The Labute approximate surface area is 113 Å². The summed E-state index contributed by atoms with van der Waals surface area (Å²) in [6.45, 7) is 0.853. The molecule has 0 spiro atoms. The van der Waals surface area contributed by atoms with E-state index in [0.717, 1.165) is 0 Å². The highest BCUT2D eigenvalue weighted by atomic mass is 32.1. The van der Waals surface area contributed by atoms with E-state index in [2.05, 4.69) is 28.2 Å². The fourth-order valence-corrected chi connectivity index (χ4v) is 3.32. The number of hydrogen-bond acceptors (Lipinski definition) is 5. The van der Waals surface area contributed by atoms with Crippen molar-refractivity contribution >= 4 is 28.8 Å². The predicted octanol–water partition coefficient (Wildman–Crippen LogP) is 2.58. The molecule has 18 heavy (non-hydrogen) atoms. The Morgan fingerprint density at radius 1 is 1.28 bits per heavy atom. The summed E-state index contributed by atoms with van der Waals surface area (Å²) in [4.78, 5) is 13.0. The van der Waals surface area contributed by atoms with Gasteiger partial charge in [-0.2, -0.15) is 0 Å². The summed E-state index contributed by atoms with van der Waals surface area (Å²) in [6, 6.07) is 8.40. The summed E-state index contributed by atoms with van der Waals surface area (Å²) in [5.74, 6) is 0. The van der Waals surface area contributed by atoms with Gasteiger partial charge in [0.15, 0.2) is 0 Å². The highest BCUT2D eigenvalue weighted by Crippen LogP contribution is 2.28. The third-order valence-corrected chi connectivity index (χ3v) is 4.22. The maximum Gasteiger partial charge on any atom is 0.404 e. The summed E-state index contributed by atoms with van der Waals surface area (Å²) >= 11 is 3.41. The molecule has 0 atom stereocenters. The zero-order valence-corrected chi connectivity index (χ0v) is 11.3. The van der Waals surface area contributed by atoms with Crippen LogP contribution in [0.1, 0.15) is 15.8 Å². The Bertz CT molecular complexity index is 434. The van der Waals surface area contributed by atoms with Gasteiger partial charge in [0.2, 0.25) is 0 Å². The molecule has 1 amide bonds. The van der Waals surface area contributed by atoms with Crippen LogP contribution >= 0.6 is 22.7 Å². The Kier molecular flexibility index (Phi) is 4.74. The van der Waals surface area contributed by atoms with Crippen LogP contribution in [0.25, 0.3) is 0 Å². The van der Waals surface area contributed by atoms with E-state index in [1.165, 1.54) is 9.75 Å². The van der Waals surface area contributed by atoms with Crippen LogP contribution in [0.3, 0.4) is 0 Å². The van der Waals surface area contributed by atoms with Crippen molar-refractivity contribution in [1.82, 2.24) is 5.32 Å². The van der Waals surface area contributed by atoms with E-state index < -0.39 is 6.09 Å². The lowest BCUT2D eigenvalue weighted by Crippen LogP contribution is -2.27. The van der Waals surface area contributed by atoms with E-state index in [4.69, 9.17) is 10.5 Å². The van der Waals surface area contributed by atoms with E-state index in [9.17, 15) is 4.79 Å². The van der Waals surface area contributed by atoms with Crippen LogP contribution < -0.4 is 11.1 Å². The van der Waals surface area contributed by atoms with E-state index in [0.29, 0.717) is 6.54 Å². The van der Waals surface area contributed by atoms with Gasteiger partial charge in [0.25, 0.3) is 0 Å². The first-order chi connectivity index (χ1) is 8.77. The Morgan fingerprint density at radius 3 is 2.33 bits per heavy atom. The molecule has 6 heteroatoms. The topological polar surface area (TPSA) is 64.4 Å². The first-order valence-electron chi connectivity index (χ1n) is 5.50. The minimum Gasteiger partial charge on any atom is -0.448 e. The van der Waals surface area contributed by atoms with Gasteiger partial charge in [-0.3, -0.25) is 0 Å². The van der Waals surface area contributed by atoms with Gasteiger partial charge in [0.1, 0.15) is 6.61 Å². The predicted molar refractivity (Wildman–Crippen MR) is 74.0 cm³/mol. The third kappa shape index (κ3) is 3.56. The van der Waals surface area contributed by atoms with Crippen LogP contribution in [-0.4, -0.2) is 19.2 Å². The molecule has 0 unspecified atom stereocenters. The van der Waals surface area contributed by atoms with E-state index in [1.54, 1.807) is 22.7 Å². The molecule has 0 aliphatic carbocycles. The summed E-state index contributed by atoms with van der Waals surface area (Å²) in [6.07, 6.45) is -0.736. The number of nitrogens with one attached hydrogen (secondary N) is 1. The number of primary amides is 1. The first kappa shape index (κ1) is 13.1. The molecule has 0 aliphatic rings. The van der Waals surface area contributed by atoms with Gasteiger partial charge in [-0.25, -0.2) is 4.79 Å². The van der Waals surface area contributed by atoms with Crippen molar-refractivity contribution in [3.05, 3.63) is 44.8 Å². The molecule has 0 fully saturated rings. The number of thiophene rings is 2. The fraction of sp³-hybridized carbons (Fsp3) is 0.250. The lowest BCUT2D eigenvalue weighted by molar-refractivity contribution is 0.156. The molecule has 3 N–H and O–H groups in total. The number of amides is 1. The maximum absolute atomic E-state index is 10.5. The van der Waals surface area contributed by atoms with Crippen LogP contribution in [0.2, 0.25) is 0 Å². The molecule has 2 aromatic rings. The number of nitrogens with two attached hydrogens (primary N) is 1. The van der Waals surface area contributed by atoms with Crippen molar-refractivity contribution in [3.63, 3.8) is 0 Å². The van der Waals surface area contributed by atoms with Crippen molar-refractivity contribution in [2.75, 3.05) is 13.2 Å². The summed E-state index contributed by atoms with van der Waals surface area (Å²) in [7, 11) is 0. The highest BCUT2D eigenvalue weighted by molar-refractivity contribution is 7.11. The number of rotatable bonds is 6. The van der Waals surface area contributed by atoms with Crippen molar-refractivity contribution < 1.29 is 9.53 Å². The van der Waals surface area contributed by atoms with Gasteiger partial charge in [-0.05, 0) is 22.9 Å². The second kappa shape index (κ2) is 6.53. The number of carbonyl (C=O) groups excluding carboxylic acids is 1. The standard InChI is InChI=1S/C12H14N2O2S2/c13-12(15)16-6-5-14-11(9-3-1-7-17-9)10-4-2-8-18-10/h1-4,7-8,11,14H,5-6H2,(H2,13,15). The zero-order valence-electron chi connectivity index (χ0n) is 9.67. The van der Waals surface area contributed by atoms with E-state index >= 15 is 0 Å². The molecule has 0 bridgehead atoms. The summed E-state index contributed by atoms with van der Waals surface area (Å²) in [5.41, 5.74) is 4.91. The average Bonchev–Trinajstić information content (AvgIpc) is 3.01. The normalized spacial score (nSPS) is 10.7. The maximum atomic E-state index is 10.5. The SMILES string of the molecule is NC(=O)OCCNC(c1cccs1)c1cccs1.